The average molecular weight is 478 g/mol. The fourth-order valence-electron chi connectivity index (χ4n) is 2.56. The first-order valence-electron chi connectivity index (χ1n) is 8.76. The zero-order valence-corrected chi connectivity index (χ0v) is 18.7. The van der Waals surface area contributed by atoms with Gasteiger partial charge in [-0.1, -0.05) is 12.1 Å². The molecular weight excluding hydrogens is 458 g/mol. The number of benzene rings is 1. The van der Waals surface area contributed by atoms with Crippen LogP contribution in [0.25, 0.3) is 9.88 Å². The third-order valence-electron chi connectivity index (χ3n) is 3.72. The number of hydrogen-bond acceptors (Lipinski definition) is 5. The maximum Gasteiger partial charge on any atom is 0.230 e. The largest absolute Gasteiger partial charge is 0.354 e. The molecule has 3 aromatic rings. The summed E-state index contributed by atoms with van der Waals surface area (Å²) in [4.78, 5) is 29.7. The average Bonchev–Trinajstić information content (AvgIpc) is 3.24. The van der Waals surface area contributed by atoms with Crippen LogP contribution in [-0.2, 0) is 22.4 Å². The third-order valence-corrected chi connectivity index (χ3v) is 6.48. The van der Waals surface area contributed by atoms with Crippen LogP contribution in [0.5, 0.6) is 0 Å². The minimum Gasteiger partial charge on any atom is -0.354 e. The van der Waals surface area contributed by atoms with Crippen LogP contribution in [0, 0.1) is 0 Å². The molecule has 146 valence electrons. The lowest BCUT2D eigenvalue weighted by molar-refractivity contribution is -0.121. The van der Waals surface area contributed by atoms with Gasteiger partial charge in [0, 0.05) is 27.0 Å². The summed E-state index contributed by atoms with van der Waals surface area (Å²) in [5.74, 6) is -0.126. The first-order valence-corrected chi connectivity index (χ1v) is 11.3. The molecule has 0 aliphatic carbocycles. The van der Waals surface area contributed by atoms with E-state index in [9.17, 15) is 9.59 Å². The number of rotatable bonds is 7. The van der Waals surface area contributed by atoms with E-state index >= 15 is 0 Å². The van der Waals surface area contributed by atoms with E-state index in [0.29, 0.717) is 12.1 Å². The van der Waals surface area contributed by atoms with Crippen molar-refractivity contribution >= 4 is 56.1 Å². The second kappa shape index (κ2) is 9.45. The number of aromatic nitrogens is 1. The second-order valence-corrected chi connectivity index (χ2v) is 9.28. The number of anilines is 1. The van der Waals surface area contributed by atoms with E-state index in [1.165, 1.54) is 11.3 Å². The first kappa shape index (κ1) is 20.7. The van der Waals surface area contributed by atoms with E-state index in [2.05, 4.69) is 31.5 Å². The van der Waals surface area contributed by atoms with Crippen LogP contribution in [-0.4, -0.2) is 22.8 Å². The van der Waals surface area contributed by atoms with Crippen molar-refractivity contribution in [2.75, 3.05) is 5.32 Å². The van der Waals surface area contributed by atoms with E-state index in [1.54, 1.807) is 11.3 Å². The molecule has 1 aromatic carbocycles. The molecular formula is C20H20BrN3O2S2. The predicted molar refractivity (Wildman–Crippen MR) is 119 cm³/mol. The lowest BCUT2D eigenvalue weighted by atomic mass is 10.1. The van der Waals surface area contributed by atoms with E-state index in [1.807, 2.05) is 54.9 Å². The highest BCUT2D eigenvalue weighted by Crippen LogP contribution is 2.32. The third kappa shape index (κ3) is 5.98. The fourth-order valence-corrected chi connectivity index (χ4v) is 4.89. The molecule has 0 spiro atoms. The summed E-state index contributed by atoms with van der Waals surface area (Å²) in [5, 5.41) is 10.6. The van der Waals surface area contributed by atoms with Crippen LogP contribution >= 0.6 is 38.6 Å². The lowest BCUT2D eigenvalue weighted by Crippen LogP contribution is -2.31. The summed E-state index contributed by atoms with van der Waals surface area (Å²) < 4.78 is 1.03. The van der Waals surface area contributed by atoms with Gasteiger partial charge >= 0.3 is 0 Å². The number of hydrogen-bond donors (Lipinski definition) is 2. The highest BCUT2D eigenvalue weighted by atomic mass is 79.9. The Labute approximate surface area is 180 Å². The van der Waals surface area contributed by atoms with Crippen molar-refractivity contribution in [3.05, 3.63) is 56.8 Å². The number of thiophene rings is 1. The number of nitrogens with zero attached hydrogens (tertiary/aromatic N) is 1. The normalized spacial score (nSPS) is 10.9. The van der Waals surface area contributed by atoms with Crippen molar-refractivity contribution in [3.63, 3.8) is 0 Å². The molecule has 0 aliphatic heterocycles. The minimum atomic E-state index is -0.116. The van der Waals surface area contributed by atoms with Gasteiger partial charge in [-0.2, -0.15) is 0 Å². The Kier molecular flexibility index (Phi) is 6.98. The Morgan fingerprint density at radius 2 is 1.82 bits per heavy atom. The van der Waals surface area contributed by atoms with Gasteiger partial charge in [-0.15, -0.1) is 22.7 Å². The molecule has 2 N–H and O–H groups in total. The molecule has 2 heterocycles. The van der Waals surface area contributed by atoms with Gasteiger partial charge in [0.05, 0.1) is 23.4 Å². The molecule has 5 nitrogen and oxygen atoms in total. The highest BCUT2D eigenvalue weighted by Gasteiger charge is 2.11. The monoisotopic (exact) mass is 477 g/mol. The van der Waals surface area contributed by atoms with Crippen molar-refractivity contribution < 1.29 is 9.59 Å². The molecule has 0 radical (unpaired) electrons. The van der Waals surface area contributed by atoms with Gasteiger partial charge in [0.25, 0.3) is 0 Å². The van der Waals surface area contributed by atoms with Crippen molar-refractivity contribution in [1.29, 1.82) is 0 Å². The molecule has 2 amide bonds. The number of halogens is 1. The van der Waals surface area contributed by atoms with Gasteiger partial charge in [-0.3, -0.25) is 9.59 Å². The molecule has 2 aromatic heterocycles. The van der Waals surface area contributed by atoms with Crippen LogP contribution in [0.15, 0.2) is 45.6 Å². The summed E-state index contributed by atoms with van der Waals surface area (Å²) in [6.07, 6.45) is 0.550. The number of amides is 2. The number of carbonyl (C=O) groups is 2. The van der Waals surface area contributed by atoms with E-state index in [0.717, 1.165) is 25.6 Å². The minimum absolute atomic E-state index is 0.0103. The summed E-state index contributed by atoms with van der Waals surface area (Å²) >= 11 is 6.60. The lowest BCUT2D eigenvalue weighted by Gasteiger charge is -2.09. The topological polar surface area (TPSA) is 71.1 Å². The van der Waals surface area contributed by atoms with Crippen molar-refractivity contribution in [1.82, 2.24) is 10.3 Å². The maximum absolute atomic E-state index is 12.3. The second-order valence-electron chi connectivity index (χ2n) is 6.59. The Morgan fingerprint density at radius 3 is 2.46 bits per heavy atom. The van der Waals surface area contributed by atoms with E-state index in [-0.39, 0.29) is 24.3 Å². The van der Waals surface area contributed by atoms with Crippen molar-refractivity contribution in [2.24, 2.45) is 0 Å². The Hall–Kier alpha value is -2.03. The molecule has 0 saturated heterocycles. The standard InChI is InChI=1S/C20H20BrN3O2S2/c1-12(2)22-18(25)7-13-3-5-15(6-4-13)23-19(26)9-16-11-28-20(24-16)17-8-14(21)10-27-17/h3-6,8,10-12H,7,9H2,1-2H3,(H,22,25)(H,23,26). The van der Waals surface area contributed by atoms with Crippen LogP contribution in [0.1, 0.15) is 25.1 Å². The Bertz CT molecular complexity index is 964. The molecule has 8 heteroatoms. The molecule has 0 bridgehead atoms. The molecule has 28 heavy (non-hydrogen) atoms. The summed E-state index contributed by atoms with van der Waals surface area (Å²) in [5.41, 5.74) is 2.36. The van der Waals surface area contributed by atoms with Gasteiger partial charge in [0.15, 0.2) is 0 Å². The molecule has 0 fully saturated rings. The summed E-state index contributed by atoms with van der Waals surface area (Å²) in [6, 6.07) is 9.47. The predicted octanol–water partition coefficient (Wildman–Crippen LogP) is 4.88. The smallest absolute Gasteiger partial charge is 0.230 e. The van der Waals surface area contributed by atoms with Crippen molar-refractivity contribution in [3.8, 4) is 9.88 Å². The first-order chi connectivity index (χ1) is 13.4. The number of thiazole rings is 1. The van der Waals surface area contributed by atoms with Gasteiger partial charge in [0.1, 0.15) is 5.01 Å². The Balaban J connectivity index is 1.53. The summed E-state index contributed by atoms with van der Waals surface area (Å²) in [6.45, 7) is 3.86. The highest BCUT2D eigenvalue weighted by molar-refractivity contribution is 9.10. The van der Waals surface area contributed by atoms with Crippen molar-refractivity contribution in [2.45, 2.75) is 32.7 Å². The van der Waals surface area contributed by atoms with Gasteiger partial charge < -0.3 is 10.6 Å². The molecule has 0 aliphatic rings. The van der Waals surface area contributed by atoms with Gasteiger partial charge in [-0.05, 0) is 53.5 Å². The number of nitrogens with one attached hydrogen (secondary N) is 2. The van der Waals surface area contributed by atoms with Gasteiger partial charge in [0.2, 0.25) is 11.8 Å². The van der Waals surface area contributed by atoms with Crippen LogP contribution in [0.4, 0.5) is 5.69 Å². The fraction of sp³-hybridized carbons (Fsp3) is 0.250. The SMILES string of the molecule is CC(C)NC(=O)Cc1ccc(NC(=O)Cc2csc(-c3cc(Br)cs3)n2)cc1. The molecule has 0 atom stereocenters. The number of carbonyl (C=O) groups excluding carboxylic acids is 2. The maximum atomic E-state index is 12.3. The zero-order chi connectivity index (χ0) is 20.1. The molecule has 0 saturated carbocycles. The van der Waals surface area contributed by atoms with E-state index < -0.39 is 0 Å². The quantitative estimate of drug-likeness (QED) is 0.509. The summed E-state index contributed by atoms with van der Waals surface area (Å²) in [7, 11) is 0. The van der Waals surface area contributed by atoms with E-state index in [4.69, 9.17) is 0 Å². The molecule has 3 rings (SSSR count). The van der Waals surface area contributed by atoms with Gasteiger partial charge in [-0.25, -0.2) is 4.98 Å². The Morgan fingerprint density at radius 1 is 1.07 bits per heavy atom. The van der Waals surface area contributed by atoms with Crippen LogP contribution in [0.3, 0.4) is 0 Å². The van der Waals surface area contributed by atoms with Crippen LogP contribution in [0.2, 0.25) is 0 Å². The van der Waals surface area contributed by atoms with Crippen LogP contribution < -0.4 is 10.6 Å². The molecule has 0 unspecified atom stereocenters. The zero-order valence-electron chi connectivity index (χ0n) is 15.5.